The summed E-state index contributed by atoms with van der Waals surface area (Å²) in [5.74, 6) is 0.697. The van der Waals surface area contributed by atoms with E-state index in [0.717, 1.165) is 49.8 Å². The van der Waals surface area contributed by atoms with E-state index in [9.17, 15) is 4.79 Å². The van der Waals surface area contributed by atoms with Crippen LogP contribution >= 0.6 is 0 Å². The molecule has 2 aliphatic heterocycles. The van der Waals surface area contributed by atoms with Gasteiger partial charge in [0.2, 0.25) is 0 Å². The van der Waals surface area contributed by atoms with Crippen LogP contribution in [0.4, 0.5) is 5.82 Å². The average Bonchev–Trinajstić information content (AvgIpc) is 3.18. The van der Waals surface area contributed by atoms with E-state index in [1.54, 1.807) is 6.20 Å². The van der Waals surface area contributed by atoms with Crippen LogP contribution in [-0.2, 0) is 24.1 Å². The Morgan fingerprint density at radius 2 is 1.97 bits per heavy atom. The number of fused-ring (bicyclic) bond motifs is 1. The second-order valence-electron chi connectivity index (χ2n) is 9.04. The topological polar surface area (TPSA) is 66.5 Å². The zero-order chi connectivity index (χ0) is 21.0. The molecule has 1 aliphatic carbocycles. The third-order valence-electron chi connectivity index (χ3n) is 6.96. The third kappa shape index (κ3) is 4.91. The molecule has 0 radical (unpaired) electrons. The Morgan fingerprint density at radius 3 is 2.68 bits per heavy atom. The van der Waals surface area contributed by atoms with E-state index in [1.807, 2.05) is 12.1 Å². The van der Waals surface area contributed by atoms with E-state index in [-0.39, 0.29) is 5.91 Å². The second-order valence-corrected chi connectivity index (χ2v) is 9.04. The molecule has 0 spiro atoms. The van der Waals surface area contributed by atoms with Crippen LogP contribution in [-0.4, -0.2) is 54.2 Å². The van der Waals surface area contributed by atoms with Crippen molar-refractivity contribution in [1.29, 1.82) is 0 Å². The number of carbonyl (C=O) groups is 1. The van der Waals surface area contributed by atoms with E-state index in [1.165, 1.54) is 36.9 Å². The molecule has 1 atom stereocenters. The Hall–Kier alpha value is -2.44. The summed E-state index contributed by atoms with van der Waals surface area (Å²) in [6, 6.07) is 11.5. The van der Waals surface area contributed by atoms with Crippen molar-refractivity contribution in [3.8, 4) is 0 Å². The number of benzene rings is 1. The van der Waals surface area contributed by atoms with Gasteiger partial charge in [-0.3, -0.25) is 9.69 Å². The predicted octanol–water partition coefficient (Wildman–Crippen LogP) is 3.17. The highest BCUT2D eigenvalue weighted by Crippen LogP contribution is 2.27. The Bertz CT molecular complexity index is 904. The van der Waals surface area contributed by atoms with E-state index in [4.69, 9.17) is 4.74 Å². The number of carbonyl (C=O) groups excluding carboxylic acids is 1. The van der Waals surface area contributed by atoms with Gasteiger partial charge in [-0.1, -0.05) is 24.6 Å². The normalized spacial score (nSPS) is 21.7. The highest BCUT2D eigenvalue weighted by atomic mass is 16.5. The predicted molar refractivity (Wildman–Crippen MR) is 121 cm³/mol. The summed E-state index contributed by atoms with van der Waals surface area (Å²) in [4.78, 5) is 19.6. The van der Waals surface area contributed by atoms with Gasteiger partial charge in [-0.2, -0.15) is 0 Å². The zero-order valence-electron chi connectivity index (χ0n) is 18.1. The molecule has 1 saturated carbocycles. The standard InChI is InChI=1S/C25H32N4O2/c30-25(21-6-7-24(26-16-21)28-22-10-13-31-17-22)27-15-18-4-5-19-8-11-29(23-2-1-3-23)12-9-20(19)14-18/h4-7,14,16,22-23H,1-3,8-13,15,17H2,(H,26,28)(H,27,30). The largest absolute Gasteiger partial charge is 0.379 e. The Labute approximate surface area is 184 Å². The van der Waals surface area contributed by atoms with Crippen LogP contribution in [0.2, 0.25) is 0 Å². The first-order valence-electron chi connectivity index (χ1n) is 11.7. The number of hydrogen-bond donors (Lipinski definition) is 2. The van der Waals surface area contributed by atoms with Crippen LogP contribution in [0.15, 0.2) is 36.5 Å². The van der Waals surface area contributed by atoms with Crippen LogP contribution in [0.3, 0.4) is 0 Å². The molecule has 5 rings (SSSR count). The fraction of sp³-hybridized carbons (Fsp3) is 0.520. The fourth-order valence-corrected chi connectivity index (χ4v) is 4.78. The van der Waals surface area contributed by atoms with Gasteiger partial charge in [0.25, 0.3) is 5.91 Å². The van der Waals surface area contributed by atoms with Gasteiger partial charge in [-0.25, -0.2) is 4.98 Å². The minimum absolute atomic E-state index is 0.0886. The van der Waals surface area contributed by atoms with Gasteiger partial charge < -0.3 is 15.4 Å². The first-order valence-corrected chi connectivity index (χ1v) is 11.7. The average molecular weight is 421 g/mol. The molecule has 6 nitrogen and oxygen atoms in total. The van der Waals surface area contributed by atoms with Crippen LogP contribution in [0.5, 0.6) is 0 Å². The molecule has 1 aromatic heterocycles. The first kappa shape index (κ1) is 20.5. The number of nitrogens with zero attached hydrogens (tertiary/aromatic N) is 2. The zero-order valence-corrected chi connectivity index (χ0v) is 18.1. The van der Waals surface area contributed by atoms with Gasteiger partial charge in [0.15, 0.2) is 0 Å². The van der Waals surface area contributed by atoms with Crippen molar-refractivity contribution in [2.24, 2.45) is 0 Å². The SMILES string of the molecule is O=C(NCc1ccc2c(c1)CCN(C1CCC1)CC2)c1ccc(NC2CCOC2)nc1. The van der Waals surface area contributed by atoms with Crippen LogP contribution in [0.25, 0.3) is 0 Å². The molecule has 1 amide bonds. The lowest BCUT2D eigenvalue weighted by molar-refractivity contribution is 0.0950. The molecule has 6 heteroatoms. The van der Waals surface area contributed by atoms with Crippen molar-refractivity contribution < 1.29 is 9.53 Å². The summed E-state index contributed by atoms with van der Waals surface area (Å²) >= 11 is 0. The van der Waals surface area contributed by atoms with Gasteiger partial charge in [-0.15, -0.1) is 0 Å². The van der Waals surface area contributed by atoms with Crippen molar-refractivity contribution in [3.63, 3.8) is 0 Å². The van der Waals surface area contributed by atoms with Gasteiger partial charge in [-0.05, 0) is 60.9 Å². The molecule has 0 bridgehead atoms. The Kier molecular flexibility index (Phi) is 6.18. The van der Waals surface area contributed by atoms with Gasteiger partial charge in [0.05, 0.1) is 18.2 Å². The molecule has 1 unspecified atom stereocenters. The van der Waals surface area contributed by atoms with E-state index >= 15 is 0 Å². The fourth-order valence-electron chi connectivity index (χ4n) is 4.78. The lowest BCUT2D eigenvalue weighted by Crippen LogP contribution is -2.41. The molecule has 3 heterocycles. The molecule has 1 saturated heterocycles. The monoisotopic (exact) mass is 420 g/mol. The van der Waals surface area contributed by atoms with Crippen molar-refractivity contribution in [1.82, 2.24) is 15.2 Å². The minimum atomic E-state index is -0.0886. The number of anilines is 1. The molecule has 3 aliphatic rings. The number of amides is 1. The number of pyridine rings is 1. The lowest BCUT2D eigenvalue weighted by atomic mass is 9.91. The summed E-state index contributed by atoms with van der Waals surface area (Å²) in [5, 5.41) is 6.39. The molecule has 2 fully saturated rings. The molecular formula is C25H32N4O2. The van der Waals surface area contributed by atoms with Crippen molar-refractivity contribution in [3.05, 3.63) is 58.8 Å². The number of rotatable bonds is 6. The van der Waals surface area contributed by atoms with Crippen molar-refractivity contribution in [2.45, 2.75) is 57.2 Å². The van der Waals surface area contributed by atoms with Gasteiger partial charge >= 0.3 is 0 Å². The summed E-state index contributed by atoms with van der Waals surface area (Å²) in [5.41, 5.74) is 4.66. The summed E-state index contributed by atoms with van der Waals surface area (Å²) in [6.07, 6.45) is 9.00. The highest BCUT2D eigenvalue weighted by Gasteiger charge is 2.26. The van der Waals surface area contributed by atoms with E-state index < -0.39 is 0 Å². The van der Waals surface area contributed by atoms with Gasteiger partial charge in [0, 0.05) is 38.5 Å². The van der Waals surface area contributed by atoms with Crippen LogP contribution in [0, 0.1) is 0 Å². The molecule has 164 valence electrons. The number of hydrogen-bond acceptors (Lipinski definition) is 5. The smallest absolute Gasteiger partial charge is 0.253 e. The van der Waals surface area contributed by atoms with Crippen molar-refractivity contribution in [2.75, 3.05) is 31.6 Å². The quantitative estimate of drug-likeness (QED) is 0.752. The number of aromatic nitrogens is 1. The first-order chi connectivity index (χ1) is 15.2. The molecule has 2 aromatic rings. The minimum Gasteiger partial charge on any atom is -0.379 e. The number of nitrogens with one attached hydrogen (secondary N) is 2. The summed E-state index contributed by atoms with van der Waals surface area (Å²) in [6.45, 7) is 4.38. The summed E-state index contributed by atoms with van der Waals surface area (Å²) < 4.78 is 5.37. The molecular weight excluding hydrogens is 388 g/mol. The van der Waals surface area contributed by atoms with Crippen LogP contribution < -0.4 is 10.6 Å². The lowest BCUT2D eigenvalue weighted by Gasteiger charge is -2.36. The Morgan fingerprint density at radius 1 is 1.10 bits per heavy atom. The van der Waals surface area contributed by atoms with E-state index in [2.05, 4.69) is 38.7 Å². The van der Waals surface area contributed by atoms with E-state index in [0.29, 0.717) is 24.8 Å². The maximum atomic E-state index is 12.6. The van der Waals surface area contributed by atoms with Crippen molar-refractivity contribution >= 4 is 11.7 Å². The second kappa shape index (κ2) is 9.37. The maximum absolute atomic E-state index is 12.6. The maximum Gasteiger partial charge on any atom is 0.253 e. The summed E-state index contributed by atoms with van der Waals surface area (Å²) in [7, 11) is 0. The molecule has 1 aromatic carbocycles. The van der Waals surface area contributed by atoms with Gasteiger partial charge in [0.1, 0.15) is 5.82 Å². The Balaban J connectivity index is 1.15. The molecule has 31 heavy (non-hydrogen) atoms. The highest BCUT2D eigenvalue weighted by molar-refractivity contribution is 5.94. The molecule has 2 N–H and O–H groups in total. The van der Waals surface area contributed by atoms with Crippen LogP contribution in [0.1, 0.15) is 52.7 Å². The third-order valence-corrected chi connectivity index (χ3v) is 6.96. The number of ether oxygens (including phenoxy) is 1.